The lowest BCUT2D eigenvalue weighted by atomic mass is 10.0. The average Bonchev–Trinajstić information content (AvgIpc) is 3.38. The number of H-pyrrole nitrogens is 1. The Hall–Kier alpha value is -3.59. The molecule has 2 aromatic carbocycles. The monoisotopic (exact) mass is 482 g/mol. The molecule has 0 spiro atoms. The fourth-order valence-corrected chi connectivity index (χ4v) is 4.85. The molecule has 0 unspecified atom stereocenters. The first-order valence-electron chi connectivity index (χ1n) is 11.4. The molecule has 2 aromatic heterocycles. The Morgan fingerprint density at radius 1 is 1.06 bits per heavy atom. The van der Waals surface area contributed by atoms with E-state index in [0.29, 0.717) is 47.5 Å². The van der Waals surface area contributed by atoms with Crippen molar-refractivity contribution in [1.29, 1.82) is 0 Å². The predicted octanol–water partition coefficient (Wildman–Crippen LogP) is 4.90. The molecule has 35 heavy (non-hydrogen) atoms. The lowest BCUT2D eigenvalue weighted by molar-refractivity contribution is -0.137. The molecule has 3 heterocycles. The van der Waals surface area contributed by atoms with E-state index in [9.17, 15) is 23.1 Å². The predicted molar refractivity (Wildman–Crippen MR) is 129 cm³/mol. The molecule has 0 bridgehead atoms. The summed E-state index contributed by atoms with van der Waals surface area (Å²) in [6.07, 6.45) is -4.71. The highest BCUT2D eigenvalue weighted by Crippen LogP contribution is 2.37. The number of benzene rings is 2. The van der Waals surface area contributed by atoms with Crippen LogP contribution in [-0.4, -0.2) is 39.1 Å². The van der Waals surface area contributed by atoms with E-state index < -0.39 is 23.4 Å². The highest BCUT2D eigenvalue weighted by atomic mass is 19.4. The highest BCUT2D eigenvalue weighted by Gasteiger charge is 2.36. The summed E-state index contributed by atoms with van der Waals surface area (Å²) in [5.74, 6) is 0. The quantitative estimate of drug-likeness (QED) is 0.436. The van der Waals surface area contributed by atoms with Crippen molar-refractivity contribution >= 4 is 16.6 Å². The van der Waals surface area contributed by atoms with Gasteiger partial charge < -0.3 is 15.0 Å². The van der Waals surface area contributed by atoms with Crippen LogP contribution in [0.1, 0.15) is 28.8 Å². The van der Waals surface area contributed by atoms with Gasteiger partial charge in [-0.1, -0.05) is 17.2 Å². The standard InChI is InChI=1S/C26H25F3N4O2/c1-14-8-15(2)10-17(9-14)23-20-11-16(3)30-24(20)25(35)33(31-23)22-12-18(32-7-6-19(34)13-32)4-5-21(22)26(27,28)29/h4-5,8-12,19,30,34H,6-7,13H2,1-3H3/t19-/m0/s1. The molecule has 5 rings (SSSR count). The van der Waals surface area contributed by atoms with Crippen LogP contribution in [0.25, 0.3) is 27.8 Å². The zero-order valence-electron chi connectivity index (χ0n) is 19.6. The number of hydrogen-bond donors (Lipinski definition) is 2. The summed E-state index contributed by atoms with van der Waals surface area (Å²) >= 11 is 0. The summed E-state index contributed by atoms with van der Waals surface area (Å²) in [4.78, 5) is 18.3. The number of aromatic amines is 1. The summed E-state index contributed by atoms with van der Waals surface area (Å²) in [6.45, 7) is 6.48. The molecule has 1 saturated heterocycles. The Bertz CT molecular complexity index is 1480. The van der Waals surface area contributed by atoms with Gasteiger partial charge in [0.2, 0.25) is 0 Å². The van der Waals surface area contributed by atoms with Crippen molar-refractivity contribution in [3.8, 4) is 16.9 Å². The SMILES string of the molecule is Cc1cc(C)cc(-c2nn(-c3cc(N4CC[C@H](O)C4)ccc3C(F)(F)F)c(=O)c3[nH]c(C)cc23)c1. The van der Waals surface area contributed by atoms with Crippen LogP contribution in [-0.2, 0) is 6.18 Å². The second-order valence-corrected chi connectivity index (χ2v) is 9.27. The van der Waals surface area contributed by atoms with E-state index in [0.717, 1.165) is 21.9 Å². The normalized spacial score (nSPS) is 16.4. The molecular weight excluding hydrogens is 457 g/mol. The van der Waals surface area contributed by atoms with Gasteiger partial charge in [-0.2, -0.15) is 23.0 Å². The second kappa shape index (κ2) is 8.27. The summed E-state index contributed by atoms with van der Waals surface area (Å²) in [5, 5.41) is 15.0. The number of alkyl halides is 3. The van der Waals surface area contributed by atoms with Gasteiger partial charge in [-0.3, -0.25) is 4.79 Å². The van der Waals surface area contributed by atoms with Crippen molar-refractivity contribution in [2.24, 2.45) is 0 Å². The van der Waals surface area contributed by atoms with Crippen LogP contribution in [0, 0.1) is 20.8 Å². The molecule has 0 saturated carbocycles. The molecule has 0 radical (unpaired) electrons. The van der Waals surface area contributed by atoms with Gasteiger partial charge in [-0.25, -0.2) is 0 Å². The Morgan fingerprint density at radius 3 is 2.40 bits per heavy atom. The van der Waals surface area contributed by atoms with E-state index >= 15 is 0 Å². The minimum atomic E-state index is -4.69. The molecule has 0 aliphatic carbocycles. The summed E-state index contributed by atoms with van der Waals surface area (Å²) < 4.78 is 43.1. The van der Waals surface area contributed by atoms with Crippen molar-refractivity contribution in [2.75, 3.05) is 18.0 Å². The first-order valence-corrected chi connectivity index (χ1v) is 11.4. The molecule has 0 amide bonds. The van der Waals surface area contributed by atoms with Crippen molar-refractivity contribution in [3.63, 3.8) is 0 Å². The number of hydrogen-bond acceptors (Lipinski definition) is 4. The number of nitrogens with one attached hydrogen (secondary N) is 1. The second-order valence-electron chi connectivity index (χ2n) is 9.27. The average molecular weight is 483 g/mol. The van der Waals surface area contributed by atoms with Crippen molar-refractivity contribution in [1.82, 2.24) is 14.8 Å². The van der Waals surface area contributed by atoms with Crippen LogP contribution in [0.5, 0.6) is 0 Å². The van der Waals surface area contributed by atoms with Gasteiger partial charge in [0.25, 0.3) is 5.56 Å². The fourth-order valence-electron chi connectivity index (χ4n) is 4.85. The zero-order chi connectivity index (χ0) is 25.1. The number of nitrogens with zero attached hydrogens (tertiary/aromatic N) is 3. The molecule has 1 aliphatic heterocycles. The van der Waals surface area contributed by atoms with Crippen LogP contribution in [0.2, 0.25) is 0 Å². The maximum atomic E-state index is 14.1. The Kier molecular flexibility index (Phi) is 5.47. The first kappa shape index (κ1) is 23.2. The molecule has 2 N–H and O–H groups in total. The number of aliphatic hydroxyl groups is 1. The van der Waals surface area contributed by atoms with Gasteiger partial charge >= 0.3 is 6.18 Å². The zero-order valence-corrected chi connectivity index (χ0v) is 19.6. The summed E-state index contributed by atoms with van der Waals surface area (Å²) in [7, 11) is 0. The van der Waals surface area contributed by atoms with Crippen molar-refractivity contribution < 1.29 is 18.3 Å². The highest BCUT2D eigenvalue weighted by molar-refractivity contribution is 5.93. The van der Waals surface area contributed by atoms with Crippen LogP contribution in [0.15, 0.2) is 47.3 Å². The Labute approximate surface area is 199 Å². The van der Waals surface area contributed by atoms with E-state index in [4.69, 9.17) is 0 Å². The van der Waals surface area contributed by atoms with Gasteiger partial charge in [0, 0.05) is 35.4 Å². The molecule has 9 heteroatoms. The number of fused-ring (bicyclic) bond motifs is 1. The van der Waals surface area contributed by atoms with E-state index in [1.54, 1.807) is 13.0 Å². The van der Waals surface area contributed by atoms with Gasteiger partial charge in [0.05, 0.1) is 17.4 Å². The summed E-state index contributed by atoms with van der Waals surface area (Å²) in [6, 6.07) is 11.3. The molecular formula is C26H25F3N4O2. The number of β-amino-alcohol motifs (C(OH)–C–C–N with tert-alkyl or cyclic N) is 1. The molecule has 1 atom stereocenters. The molecule has 4 aromatic rings. The van der Waals surface area contributed by atoms with Gasteiger partial charge in [-0.15, -0.1) is 0 Å². The van der Waals surface area contributed by atoms with Crippen molar-refractivity contribution in [2.45, 2.75) is 39.5 Å². The largest absolute Gasteiger partial charge is 0.418 e. The van der Waals surface area contributed by atoms with Crippen LogP contribution in [0.4, 0.5) is 18.9 Å². The van der Waals surface area contributed by atoms with Crippen LogP contribution >= 0.6 is 0 Å². The Balaban J connectivity index is 1.81. The van der Waals surface area contributed by atoms with Crippen LogP contribution in [0.3, 0.4) is 0 Å². The lowest BCUT2D eigenvalue weighted by Gasteiger charge is -2.21. The number of anilines is 1. The maximum Gasteiger partial charge on any atom is 0.418 e. The molecule has 1 aliphatic rings. The molecule has 182 valence electrons. The minimum Gasteiger partial charge on any atom is -0.391 e. The van der Waals surface area contributed by atoms with Crippen LogP contribution < -0.4 is 10.5 Å². The topological polar surface area (TPSA) is 74.2 Å². The summed E-state index contributed by atoms with van der Waals surface area (Å²) in [5.41, 5.74) is 2.53. The van der Waals surface area contributed by atoms with Gasteiger partial charge in [-0.05, 0) is 63.6 Å². The van der Waals surface area contributed by atoms with E-state index in [1.165, 1.54) is 12.1 Å². The van der Waals surface area contributed by atoms with E-state index in [1.807, 2.05) is 36.9 Å². The third-order valence-electron chi connectivity index (χ3n) is 6.35. The fraction of sp³-hybridized carbons (Fsp3) is 0.308. The number of aromatic nitrogens is 3. The molecule has 6 nitrogen and oxygen atoms in total. The minimum absolute atomic E-state index is 0.196. The van der Waals surface area contributed by atoms with Gasteiger partial charge in [0.1, 0.15) is 11.2 Å². The first-order chi connectivity index (χ1) is 16.5. The third kappa shape index (κ3) is 4.20. The Morgan fingerprint density at radius 2 is 1.77 bits per heavy atom. The number of aliphatic hydroxyl groups excluding tert-OH is 1. The van der Waals surface area contributed by atoms with E-state index in [2.05, 4.69) is 10.1 Å². The van der Waals surface area contributed by atoms with Gasteiger partial charge in [0.15, 0.2) is 0 Å². The number of aryl methyl sites for hydroxylation is 3. The van der Waals surface area contributed by atoms with E-state index in [-0.39, 0.29) is 11.2 Å². The third-order valence-corrected chi connectivity index (χ3v) is 6.35. The number of halogens is 3. The molecule has 1 fully saturated rings. The maximum absolute atomic E-state index is 14.1. The lowest BCUT2D eigenvalue weighted by Crippen LogP contribution is -2.26. The smallest absolute Gasteiger partial charge is 0.391 e. The van der Waals surface area contributed by atoms with Crippen molar-refractivity contribution in [3.05, 3.63) is 75.2 Å². The number of rotatable bonds is 3.